The van der Waals surface area contributed by atoms with Gasteiger partial charge >= 0.3 is 5.97 Å². The largest absolute Gasteiger partial charge is 0.497 e. The highest BCUT2D eigenvalue weighted by Crippen LogP contribution is 2.35. The second kappa shape index (κ2) is 7.96. The molecule has 2 aliphatic rings. The highest BCUT2D eigenvalue weighted by atomic mass is 16.7. The minimum atomic E-state index is -0.488. The van der Waals surface area contributed by atoms with Gasteiger partial charge in [0.1, 0.15) is 5.75 Å². The van der Waals surface area contributed by atoms with Gasteiger partial charge in [-0.2, -0.15) is 0 Å². The van der Waals surface area contributed by atoms with Crippen LogP contribution in [0.5, 0.6) is 17.2 Å². The minimum Gasteiger partial charge on any atom is -0.497 e. The Kier molecular flexibility index (Phi) is 4.97. The molecule has 0 aliphatic carbocycles. The van der Waals surface area contributed by atoms with Gasteiger partial charge in [-0.1, -0.05) is 0 Å². The van der Waals surface area contributed by atoms with Crippen LogP contribution < -0.4 is 14.2 Å². The van der Waals surface area contributed by atoms with Crippen LogP contribution >= 0.6 is 0 Å². The highest BCUT2D eigenvalue weighted by molar-refractivity contribution is 6.18. The van der Waals surface area contributed by atoms with Crippen LogP contribution in [0.25, 0.3) is 16.5 Å². The first-order valence-corrected chi connectivity index (χ1v) is 10.4. The maximum Gasteiger partial charge on any atom is 0.341 e. The SMILES string of the molecule is CCOC(=O)C1=CN(C(=O)c2ccc3c(c2)OCO3)CCc2c1[nH]c1cc(OC)ccc21. The zero-order chi connectivity index (χ0) is 22.2. The van der Waals surface area contributed by atoms with E-state index in [1.54, 1.807) is 43.3 Å². The highest BCUT2D eigenvalue weighted by Gasteiger charge is 2.28. The predicted molar refractivity (Wildman–Crippen MR) is 117 cm³/mol. The van der Waals surface area contributed by atoms with E-state index in [0.717, 1.165) is 22.2 Å². The number of hydrogen-bond acceptors (Lipinski definition) is 6. The molecule has 3 heterocycles. The summed E-state index contributed by atoms with van der Waals surface area (Å²) < 4.78 is 21.4. The molecule has 8 heteroatoms. The molecule has 0 unspecified atom stereocenters. The predicted octanol–water partition coefficient (Wildman–Crippen LogP) is 3.51. The second-order valence-electron chi connectivity index (χ2n) is 7.47. The number of aromatic amines is 1. The number of nitrogens with one attached hydrogen (secondary N) is 1. The number of nitrogens with zero attached hydrogens (tertiary/aromatic N) is 1. The summed E-state index contributed by atoms with van der Waals surface area (Å²) in [6, 6.07) is 10.8. The average molecular weight is 434 g/mol. The fourth-order valence-electron chi connectivity index (χ4n) is 4.09. The lowest BCUT2D eigenvalue weighted by Crippen LogP contribution is -2.28. The molecular weight excluding hydrogens is 412 g/mol. The molecule has 1 amide bonds. The fraction of sp³-hybridized carbons (Fsp3) is 0.250. The number of methoxy groups -OCH3 is 1. The van der Waals surface area contributed by atoms with Crippen LogP contribution in [0, 0.1) is 0 Å². The number of ether oxygens (including phenoxy) is 4. The number of benzene rings is 2. The van der Waals surface area contributed by atoms with Crippen molar-refractivity contribution in [2.45, 2.75) is 13.3 Å². The van der Waals surface area contributed by atoms with E-state index in [1.165, 1.54) is 0 Å². The van der Waals surface area contributed by atoms with Crippen LogP contribution in [0.15, 0.2) is 42.6 Å². The summed E-state index contributed by atoms with van der Waals surface area (Å²) in [5.74, 6) is 1.14. The summed E-state index contributed by atoms with van der Waals surface area (Å²) in [6.45, 7) is 2.52. The first-order valence-electron chi connectivity index (χ1n) is 10.4. The van der Waals surface area contributed by atoms with E-state index in [-0.39, 0.29) is 19.3 Å². The number of H-pyrrole nitrogens is 1. The summed E-state index contributed by atoms with van der Waals surface area (Å²) in [5.41, 5.74) is 3.24. The third kappa shape index (κ3) is 3.33. The van der Waals surface area contributed by atoms with E-state index in [4.69, 9.17) is 18.9 Å². The van der Waals surface area contributed by atoms with Crippen LogP contribution in [0.1, 0.15) is 28.5 Å². The Morgan fingerprint density at radius 1 is 1.12 bits per heavy atom. The van der Waals surface area contributed by atoms with Gasteiger partial charge in [-0.15, -0.1) is 0 Å². The smallest absolute Gasteiger partial charge is 0.341 e. The molecule has 1 aromatic heterocycles. The lowest BCUT2D eigenvalue weighted by molar-refractivity contribution is -0.136. The Morgan fingerprint density at radius 3 is 2.78 bits per heavy atom. The number of amides is 1. The average Bonchev–Trinajstić information content (AvgIpc) is 3.37. The molecule has 32 heavy (non-hydrogen) atoms. The first kappa shape index (κ1) is 20.0. The Bertz CT molecular complexity index is 1260. The van der Waals surface area contributed by atoms with Gasteiger partial charge in [0.05, 0.1) is 25.0 Å². The molecule has 0 saturated carbocycles. The van der Waals surface area contributed by atoms with E-state index in [0.29, 0.717) is 41.3 Å². The van der Waals surface area contributed by atoms with Gasteiger partial charge in [0, 0.05) is 35.3 Å². The Balaban J connectivity index is 1.56. The summed E-state index contributed by atoms with van der Waals surface area (Å²) >= 11 is 0. The van der Waals surface area contributed by atoms with Crippen molar-refractivity contribution in [3.63, 3.8) is 0 Å². The maximum atomic E-state index is 13.3. The molecule has 2 aromatic carbocycles. The Morgan fingerprint density at radius 2 is 1.97 bits per heavy atom. The van der Waals surface area contributed by atoms with Crippen LogP contribution in [0.4, 0.5) is 0 Å². The van der Waals surface area contributed by atoms with E-state index >= 15 is 0 Å². The normalized spacial score (nSPS) is 14.6. The maximum absolute atomic E-state index is 13.3. The van der Waals surface area contributed by atoms with Crippen LogP contribution in [0.2, 0.25) is 0 Å². The van der Waals surface area contributed by atoms with Crippen LogP contribution in [-0.4, -0.2) is 48.8 Å². The molecule has 3 aromatic rings. The Labute approximate surface area is 184 Å². The van der Waals surface area contributed by atoms with Gasteiger partial charge in [0.15, 0.2) is 11.5 Å². The monoisotopic (exact) mass is 434 g/mol. The van der Waals surface area contributed by atoms with Gasteiger partial charge < -0.3 is 28.8 Å². The number of fused-ring (bicyclic) bond motifs is 4. The molecule has 0 radical (unpaired) electrons. The van der Waals surface area contributed by atoms with E-state index in [2.05, 4.69) is 4.98 Å². The fourth-order valence-corrected chi connectivity index (χ4v) is 4.09. The third-order valence-corrected chi connectivity index (χ3v) is 5.65. The number of aromatic nitrogens is 1. The van der Waals surface area contributed by atoms with Crippen molar-refractivity contribution >= 4 is 28.4 Å². The number of rotatable bonds is 4. The molecule has 0 fully saturated rings. The van der Waals surface area contributed by atoms with Crippen molar-refractivity contribution in [1.82, 2.24) is 9.88 Å². The molecule has 0 saturated heterocycles. The number of carbonyl (C=O) groups is 2. The topological polar surface area (TPSA) is 90.1 Å². The third-order valence-electron chi connectivity index (χ3n) is 5.65. The van der Waals surface area contributed by atoms with Gasteiger partial charge in [0.2, 0.25) is 6.79 Å². The molecule has 0 atom stereocenters. The standard InChI is InChI=1S/C24H22N2O6/c1-3-30-24(28)18-12-26(23(27)14-4-7-20-21(10-14)32-13-31-20)9-8-17-16-6-5-15(29-2)11-19(16)25-22(17)18/h4-7,10-12,25H,3,8-9,13H2,1-2H3. The molecular formula is C24H22N2O6. The molecule has 164 valence electrons. The van der Waals surface area contributed by atoms with Crippen molar-refractivity contribution in [2.24, 2.45) is 0 Å². The van der Waals surface area contributed by atoms with Crippen molar-refractivity contribution < 1.29 is 28.5 Å². The van der Waals surface area contributed by atoms with Crippen molar-refractivity contribution in [1.29, 1.82) is 0 Å². The van der Waals surface area contributed by atoms with Crippen LogP contribution in [-0.2, 0) is 16.0 Å². The van der Waals surface area contributed by atoms with Gasteiger partial charge in [-0.05, 0) is 49.2 Å². The molecule has 5 rings (SSSR count). The number of esters is 1. The first-order chi connectivity index (χ1) is 15.6. The number of hydrogen-bond donors (Lipinski definition) is 1. The minimum absolute atomic E-state index is 0.135. The quantitative estimate of drug-likeness (QED) is 0.632. The zero-order valence-corrected chi connectivity index (χ0v) is 17.8. The van der Waals surface area contributed by atoms with E-state index < -0.39 is 5.97 Å². The lowest BCUT2D eigenvalue weighted by Gasteiger charge is -2.18. The second-order valence-corrected chi connectivity index (χ2v) is 7.47. The zero-order valence-electron chi connectivity index (χ0n) is 17.8. The lowest BCUT2D eigenvalue weighted by atomic mass is 10.0. The summed E-state index contributed by atoms with van der Waals surface area (Å²) in [4.78, 5) is 31.0. The van der Waals surface area contributed by atoms with Gasteiger partial charge in [-0.25, -0.2) is 4.79 Å². The van der Waals surface area contributed by atoms with Gasteiger partial charge in [0.25, 0.3) is 5.91 Å². The summed E-state index contributed by atoms with van der Waals surface area (Å²) in [6.07, 6.45) is 2.14. The van der Waals surface area contributed by atoms with Crippen molar-refractivity contribution in [2.75, 3.05) is 27.1 Å². The molecule has 0 spiro atoms. The summed E-state index contributed by atoms with van der Waals surface area (Å²) in [5, 5.41) is 0.980. The van der Waals surface area contributed by atoms with E-state index in [9.17, 15) is 9.59 Å². The van der Waals surface area contributed by atoms with Gasteiger partial charge in [-0.3, -0.25) is 4.79 Å². The molecule has 8 nitrogen and oxygen atoms in total. The molecule has 1 N–H and O–H groups in total. The molecule has 2 aliphatic heterocycles. The van der Waals surface area contributed by atoms with E-state index in [1.807, 2.05) is 18.2 Å². The van der Waals surface area contributed by atoms with Crippen LogP contribution in [0.3, 0.4) is 0 Å². The Hall–Kier alpha value is -3.94. The number of carbonyl (C=O) groups excluding carboxylic acids is 2. The van der Waals surface area contributed by atoms with Crippen molar-refractivity contribution in [3.8, 4) is 17.2 Å². The summed E-state index contributed by atoms with van der Waals surface area (Å²) in [7, 11) is 1.61. The van der Waals surface area contributed by atoms with Crippen molar-refractivity contribution in [3.05, 3.63) is 59.4 Å². The molecule has 0 bridgehead atoms.